The predicted molar refractivity (Wildman–Crippen MR) is 108 cm³/mol. The molecule has 2 N–H and O–H groups in total. The molecule has 24 heavy (non-hydrogen) atoms. The van der Waals surface area contributed by atoms with Gasteiger partial charge in [0.25, 0.3) is 0 Å². The van der Waals surface area contributed by atoms with Crippen LogP contribution in [-0.4, -0.2) is 50.9 Å². The van der Waals surface area contributed by atoms with Gasteiger partial charge in [-0.2, -0.15) is 0 Å². The van der Waals surface area contributed by atoms with Crippen molar-refractivity contribution in [1.29, 1.82) is 0 Å². The number of carbonyl (C=O) groups is 1. The molecular weight excluding hydrogens is 421 g/mol. The Bertz CT molecular complexity index is 357. The molecule has 0 aromatic heterocycles. The minimum atomic E-state index is -0.195. The maximum Gasteiger partial charge on any atom is 0.307 e. The summed E-state index contributed by atoms with van der Waals surface area (Å²) in [5, 5.41) is 6.31. The fourth-order valence-corrected chi connectivity index (χ4v) is 2.63. The maximum absolute atomic E-state index is 11.4. The second kappa shape index (κ2) is 14.7. The zero-order valence-corrected chi connectivity index (χ0v) is 17.6. The van der Waals surface area contributed by atoms with Gasteiger partial charge in [-0.15, -0.1) is 24.0 Å². The molecule has 0 spiro atoms. The van der Waals surface area contributed by atoms with Gasteiger partial charge >= 0.3 is 5.97 Å². The summed E-state index contributed by atoms with van der Waals surface area (Å²) < 4.78 is 11.0. The summed E-state index contributed by atoms with van der Waals surface area (Å²) in [6.45, 7) is 5.60. The molecule has 0 aliphatic heterocycles. The van der Waals surface area contributed by atoms with Crippen LogP contribution in [-0.2, 0) is 14.3 Å². The Kier molecular flexibility index (Phi) is 14.4. The number of carbonyl (C=O) groups excluding carboxylic acids is 1. The van der Waals surface area contributed by atoms with Gasteiger partial charge in [0, 0.05) is 20.1 Å². The molecular formula is C17H34IN3O3. The molecule has 1 fully saturated rings. The van der Waals surface area contributed by atoms with Crippen LogP contribution in [0.1, 0.15) is 58.8 Å². The molecule has 0 aromatic rings. The molecule has 142 valence electrons. The third kappa shape index (κ3) is 11.9. The number of guanidine groups is 1. The van der Waals surface area contributed by atoms with Crippen LogP contribution in [0, 0.1) is 0 Å². The van der Waals surface area contributed by atoms with Crippen LogP contribution >= 0.6 is 24.0 Å². The Labute approximate surface area is 163 Å². The van der Waals surface area contributed by atoms with E-state index in [9.17, 15) is 4.79 Å². The lowest BCUT2D eigenvalue weighted by Gasteiger charge is -2.16. The normalized spacial score (nSPS) is 16.2. The van der Waals surface area contributed by atoms with E-state index in [2.05, 4.69) is 15.6 Å². The molecule has 1 rings (SSSR count). The Morgan fingerprint density at radius 1 is 1.12 bits per heavy atom. The first kappa shape index (κ1) is 23.4. The first-order valence-corrected chi connectivity index (χ1v) is 8.87. The first-order chi connectivity index (χ1) is 11.1. The Morgan fingerprint density at radius 3 is 2.33 bits per heavy atom. The molecule has 6 nitrogen and oxygen atoms in total. The fraction of sp³-hybridized carbons (Fsp3) is 0.882. The Morgan fingerprint density at radius 2 is 1.75 bits per heavy atom. The zero-order chi connectivity index (χ0) is 16.9. The van der Waals surface area contributed by atoms with Crippen molar-refractivity contribution in [3.63, 3.8) is 0 Å². The Hall–Kier alpha value is -0.570. The SMILES string of the molecule is CN=C(NCCOC1CCCCCC1)NCCC(=O)OC(C)C.I. The standard InChI is InChI=1S/C17H33N3O3.HI/c1-14(2)23-16(21)10-11-19-17(18-3)20-12-13-22-15-8-6-4-5-7-9-15;/h14-15H,4-13H2,1-3H3,(H2,18,19,20);1H. The van der Waals surface area contributed by atoms with Crippen molar-refractivity contribution >= 4 is 35.9 Å². The number of hydrogen-bond acceptors (Lipinski definition) is 4. The molecule has 0 atom stereocenters. The van der Waals surface area contributed by atoms with E-state index in [0.717, 1.165) is 0 Å². The smallest absolute Gasteiger partial charge is 0.307 e. The highest BCUT2D eigenvalue weighted by molar-refractivity contribution is 14.0. The van der Waals surface area contributed by atoms with Crippen molar-refractivity contribution in [3.8, 4) is 0 Å². The van der Waals surface area contributed by atoms with Gasteiger partial charge in [-0.1, -0.05) is 25.7 Å². The van der Waals surface area contributed by atoms with Crippen molar-refractivity contribution in [2.45, 2.75) is 71.0 Å². The lowest BCUT2D eigenvalue weighted by Crippen LogP contribution is -2.40. The van der Waals surface area contributed by atoms with Crippen molar-refractivity contribution in [2.75, 3.05) is 26.7 Å². The summed E-state index contributed by atoms with van der Waals surface area (Å²) in [5.41, 5.74) is 0. The summed E-state index contributed by atoms with van der Waals surface area (Å²) in [7, 11) is 1.72. The molecule has 1 saturated carbocycles. The van der Waals surface area contributed by atoms with Crippen LogP contribution in [0.5, 0.6) is 0 Å². The average Bonchev–Trinajstić information content (AvgIpc) is 2.77. The molecule has 0 radical (unpaired) electrons. The van der Waals surface area contributed by atoms with Gasteiger partial charge in [0.1, 0.15) is 0 Å². The minimum Gasteiger partial charge on any atom is -0.463 e. The summed E-state index contributed by atoms with van der Waals surface area (Å²) in [5.74, 6) is 0.492. The second-order valence-corrected chi connectivity index (χ2v) is 6.20. The quantitative estimate of drug-likeness (QED) is 0.147. The topological polar surface area (TPSA) is 72.0 Å². The Balaban J connectivity index is 0.00000529. The van der Waals surface area contributed by atoms with Gasteiger partial charge in [0.05, 0.1) is 25.2 Å². The number of esters is 1. The van der Waals surface area contributed by atoms with E-state index in [1.807, 2.05) is 13.8 Å². The number of ether oxygens (including phenoxy) is 2. The van der Waals surface area contributed by atoms with E-state index in [4.69, 9.17) is 9.47 Å². The number of aliphatic imine (C=N–C) groups is 1. The lowest BCUT2D eigenvalue weighted by molar-refractivity contribution is -0.147. The fourth-order valence-electron chi connectivity index (χ4n) is 2.63. The van der Waals surface area contributed by atoms with E-state index >= 15 is 0 Å². The number of rotatable bonds is 8. The van der Waals surface area contributed by atoms with Crippen LogP contribution in [0.2, 0.25) is 0 Å². The molecule has 1 aliphatic rings. The number of nitrogens with zero attached hydrogens (tertiary/aromatic N) is 1. The van der Waals surface area contributed by atoms with Gasteiger partial charge in [0.15, 0.2) is 5.96 Å². The van der Waals surface area contributed by atoms with E-state index in [1.54, 1.807) is 7.05 Å². The monoisotopic (exact) mass is 455 g/mol. The zero-order valence-electron chi connectivity index (χ0n) is 15.3. The lowest BCUT2D eigenvalue weighted by atomic mass is 10.1. The van der Waals surface area contributed by atoms with Crippen LogP contribution in [0.15, 0.2) is 4.99 Å². The summed E-state index contributed by atoms with van der Waals surface area (Å²) in [6.07, 6.45) is 8.30. The van der Waals surface area contributed by atoms with Crippen molar-refractivity contribution in [2.24, 2.45) is 4.99 Å². The van der Waals surface area contributed by atoms with Gasteiger partial charge < -0.3 is 20.1 Å². The van der Waals surface area contributed by atoms with Gasteiger partial charge in [-0.3, -0.25) is 9.79 Å². The van der Waals surface area contributed by atoms with Gasteiger partial charge in [-0.25, -0.2) is 0 Å². The first-order valence-electron chi connectivity index (χ1n) is 8.87. The maximum atomic E-state index is 11.4. The largest absolute Gasteiger partial charge is 0.463 e. The highest BCUT2D eigenvalue weighted by Gasteiger charge is 2.12. The van der Waals surface area contributed by atoms with Gasteiger partial charge in [-0.05, 0) is 26.7 Å². The highest BCUT2D eigenvalue weighted by Crippen LogP contribution is 2.19. The predicted octanol–water partition coefficient (Wildman–Crippen LogP) is 2.85. The average molecular weight is 455 g/mol. The molecule has 0 bridgehead atoms. The van der Waals surface area contributed by atoms with Gasteiger partial charge in [0.2, 0.25) is 0 Å². The van der Waals surface area contributed by atoms with Crippen molar-refractivity contribution < 1.29 is 14.3 Å². The van der Waals surface area contributed by atoms with Crippen LogP contribution in [0.25, 0.3) is 0 Å². The van der Waals surface area contributed by atoms with Crippen LogP contribution in [0.4, 0.5) is 0 Å². The van der Waals surface area contributed by atoms with E-state index in [1.165, 1.54) is 38.5 Å². The molecule has 0 heterocycles. The molecule has 0 unspecified atom stereocenters. The van der Waals surface area contributed by atoms with E-state index < -0.39 is 0 Å². The highest BCUT2D eigenvalue weighted by atomic mass is 127. The molecule has 1 aliphatic carbocycles. The molecule has 0 saturated heterocycles. The van der Waals surface area contributed by atoms with E-state index in [-0.39, 0.29) is 36.0 Å². The number of hydrogen-bond donors (Lipinski definition) is 2. The third-order valence-corrected chi connectivity index (χ3v) is 3.76. The summed E-state index contributed by atoms with van der Waals surface area (Å²) >= 11 is 0. The van der Waals surface area contributed by atoms with E-state index in [0.29, 0.717) is 38.2 Å². The number of halogens is 1. The van der Waals surface area contributed by atoms with Crippen molar-refractivity contribution in [1.82, 2.24) is 10.6 Å². The van der Waals surface area contributed by atoms with Crippen LogP contribution < -0.4 is 10.6 Å². The van der Waals surface area contributed by atoms with Crippen molar-refractivity contribution in [3.05, 3.63) is 0 Å². The molecule has 7 heteroatoms. The number of nitrogens with one attached hydrogen (secondary N) is 2. The molecule has 0 aromatic carbocycles. The van der Waals surface area contributed by atoms with Crippen LogP contribution in [0.3, 0.4) is 0 Å². The minimum absolute atomic E-state index is 0. The summed E-state index contributed by atoms with van der Waals surface area (Å²) in [4.78, 5) is 15.6. The molecule has 0 amide bonds. The third-order valence-electron chi connectivity index (χ3n) is 3.76. The summed E-state index contributed by atoms with van der Waals surface area (Å²) in [6, 6.07) is 0. The second-order valence-electron chi connectivity index (χ2n) is 6.20.